The zero-order valence-corrected chi connectivity index (χ0v) is 13.4. The molecular formula is C20H16N2O3. The van der Waals surface area contributed by atoms with Gasteiger partial charge in [-0.15, -0.1) is 0 Å². The van der Waals surface area contributed by atoms with Gasteiger partial charge in [-0.3, -0.25) is 20.3 Å². The molecule has 0 amide bonds. The van der Waals surface area contributed by atoms with E-state index in [1.54, 1.807) is 42.5 Å². The van der Waals surface area contributed by atoms with Gasteiger partial charge in [-0.05, 0) is 11.6 Å². The van der Waals surface area contributed by atoms with Crippen molar-refractivity contribution in [3.63, 3.8) is 0 Å². The Bertz CT molecular complexity index is 893. The number of nitrogens with zero attached hydrogens (tertiary/aromatic N) is 1. The Labute approximate surface area is 145 Å². The summed E-state index contributed by atoms with van der Waals surface area (Å²) in [6.45, 7) is 7.13. The largest absolute Gasteiger partial charge is 0.296 e. The highest BCUT2D eigenvalue weighted by Gasteiger charge is 2.17. The summed E-state index contributed by atoms with van der Waals surface area (Å²) in [5.74, 6) is -0.456. The first-order valence-electron chi connectivity index (χ1n) is 7.42. The maximum absolute atomic E-state index is 12.4. The van der Waals surface area contributed by atoms with Crippen LogP contribution in [-0.2, 0) is 0 Å². The molecule has 0 atom stereocenters. The van der Waals surface area contributed by atoms with E-state index in [0.29, 0.717) is 22.3 Å². The number of para-hydroxylation sites is 1. The smallest absolute Gasteiger partial charge is 0.277 e. The molecule has 0 radical (unpaired) electrons. The van der Waals surface area contributed by atoms with Gasteiger partial charge in [0.05, 0.1) is 10.5 Å². The van der Waals surface area contributed by atoms with E-state index in [1.807, 2.05) is 0 Å². The van der Waals surface area contributed by atoms with Crippen molar-refractivity contribution in [1.29, 1.82) is 5.41 Å². The van der Waals surface area contributed by atoms with Crippen LogP contribution in [0.15, 0.2) is 85.5 Å². The molecular weight excluding hydrogens is 316 g/mol. The van der Waals surface area contributed by atoms with Gasteiger partial charge in [0.15, 0.2) is 0 Å². The van der Waals surface area contributed by atoms with E-state index >= 15 is 0 Å². The topological polar surface area (TPSA) is 84.1 Å². The normalized spacial score (nSPS) is 10.8. The second-order valence-electron chi connectivity index (χ2n) is 5.12. The highest BCUT2D eigenvalue weighted by Crippen LogP contribution is 2.29. The number of nitrogens with one attached hydrogen (secondary N) is 1. The highest BCUT2D eigenvalue weighted by atomic mass is 16.6. The summed E-state index contributed by atoms with van der Waals surface area (Å²) in [6.07, 6.45) is 4.44. The third-order valence-corrected chi connectivity index (χ3v) is 3.59. The zero-order valence-electron chi connectivity index (χ0n) is 13.4. The summed E-state index contributed by atoms with van der Waals surface area (Å²) < 4.78 is 0. The SMILES string of the molecule is C=C/C=C(\C=C)C(=N)C(=O)c1ccc(-c2ccccc2[N+](=O)[O-])cc1. The van der Waals surface area contributed by atoms with Gasteiger partial charge in [0.2, 0.25) is 5.78 Å². The van der Waals surface area contributed by atoms with E-state index in [-0.39, 0.29) is 11.4 Å². The Hall–Kier alpha value is -3.60. The second kappa shape index (κ2) is 7.79. The molecule has 2 aromatic rings. The van der Waals surface area contributed by atoms with Crippen LogP contribution >= 0.6 is 0 Å². The van der Waals surface area contributed by atoms with Crippen LogP contribution in [0.1, 0.15) is 10.4 Å². The van der Waals surface area contributed by atoms with E-state index in [9.17, 15) is 14.9 Å². The Kier molecular flexibility index (Phi) is 5.53. The van der Waals surface area contributed by atoms with Crippen LogP contribution in [-0.4, -0.2) is 16.4 Å². The number of hydrogen-bond acceptors (Lipinski definition) is 4. The van der Waals surface area contributed by atoms with Crippen molar-refractivity contribution >= 4 is 17.2 Å². The number of nitro benzene ring substituents is 1. The van der Waals surface area contributed by atoms with E-state index in [4.69, 9.17) is 5.41 Å². The van der Waals surface area contributed by atoms with Crippen LogP contribution in [0.5, 0.6) is 0 Å². The number of nitro groups is 1. The predicted molar refractivity (Wildman–Crippen MR) is 99.1 cm³/mol. The standard InChI is InChI=1S/C20H16N2O3/c1-3-7-14(4-2)19(21)20(23)16-12-10-15(11-13-16)17-8-5-6-9-18(17)22(24)25/h3-13,21H,1-2H2/b14-7+,21-19?. The van der Waals surface area contributed by atoms with Crippen molar-refractivity contribution < 1.29 is 9.72 Å². The van der Waals surface area contributed by atoms with Crippen molar-refractivity contribution in [2.24, 2.45) is 0 Å². The van der Waals surface area contributed by atoms with Crippen LogP contribution < -0.4 is 0 Å². The molecule has 0 saturated carbocycles. The Balaban J connectivity index is 2.35. The van der Waals surface area contributed by atoms with Crippen LogP contribution in [0, 0.1) is 15.5 Å². The summed E-state index contributed by atoms with van der Waals surface area (Å²) in [4.78, 5) is 23.1. The molecule has 0 aromatic heterocycles. The van der Waals surface area contributed by atoms with E-state index < -0.39 is 10.7 Å². The maximum atomic E-state index is 12.4. The molecule has 0 aliphatic heterocycles. The van der Waals surface area contributed by atoms with Gasteiger partial charge < -0.3 is 0 Å². The van der Waals surface area contributed by atoms with Gasteiger partial charge in [-0.2, -0.15) is 0 Å². The fourth-order valence-electron chi connectivity index (χ4n) is 2.33. The number of carbonyl (C=O) groups excluding carboxylic acids is 1. The molecule has 0 aliphatic rings. The lowest BCUT2D eigenvalue weighted by atomic mass is 9.97. The van der Waals surface area contributed by atoms with Gasteiger partial charge in [0.25, 0.3) is 5.69 Å². The number of allylic oxidation sites excluding steroid dienone is 4. The number of Topliss-reactive ketones (excluding diaryl/α,β-unsaturated/α-hetero) is 1. The second-order valence-corrected chi connectivity index (χ2v) is 5.12. The first-order chi connectivity index (χ1) is 12.0. The molecule has 1 N–H and O–H groups in total. The minimum Gasteiger partial charge on any atom is -0.296 e. The van der Waals surface area contributed by atoms with Gasteiger partial charge in [0.1, 0.15) is 5.71 Å². The molecule has 25 heavy (non-hydrogen) atoms. The highest BCUT2D eigenvalue weighted by molar-refractivity contribution is 6.50. The van der Waals surface area contributed by atoms with Crippen molar-refractivity contribution in [2.75, 3.05) is 0 Å². The Morgan fingerprint density at radius 2 is 1.72 bits per heavy atom. The van der Waals surface area contributed by atoms with Crippen LogP contribution in [0.25, 0.3) is 11.1 Å². The van der Waals surface area contributed by atoms with Crippen molar-refractivity contribution in [3.05, 3.63) is 101 Å². The minimum atomic E-state index is -0.456. The molecule has 2 aromatic carbocycles. The van der Waals surface area contributed by atoms with Crippen LogP contribution in [0.2, 0.25) is 0 Å². The summed E-state index contributed by atoms with van der Waals surface area (Å²) in [6, 6.07) is 12.8. The molecule has 2 rings (SSSR count). The number of rotatable bonds is 7. The van der Waals surface area contributed by atoms with Crippen molar-refractivity contribution in [3.8, 4) is 11.1 Å². The third-order valence-electron chi connectivity index (χ3n) is 3.59. The fraction of sp³-hybridized carbons (Fsp3) is 0. The lowest BCUT2D eigenvalue weighted by Gasteiger charge is -2.06. The molecule has 0 spiro atoms. The van der Waals surface area contributed by atoms with Gasteiger partial charge in [-0.1, -0.05) is 67.8 Å². The molecule has 5 heteroatoms. The minimum absolute atomic E-state index is 0.00261. The first-order valence-corrected chi connectivity index (χ1v) is 7.42. The van der Waals surface area contributed by atoms with E-state index in [2.05, 4.69) is 13.2 Å². The van der Waals surface area contributed by atoms with Gasteiger partial charge in [-0.25, -0.2) is 0 Å². The summed E-state index contributed by atoms with van der Waals surface area (Å²) in [7, 11) is 0. The lowest BCUT2D eigenvalue weighted by Crippen LogP contribution is -2.14. The number of hydrogen-bond donors (Lipinski definition) is 1. The number of benzene rings is 2. The summed E-state index contributed by atoms with van der Waals surface area (Å²) >= 11 is 0. The van der Waals surface area contributed by atoms with E-state index in [0.717, 1.165) is 0 Å². The molecule has 0 heterocycles. The Morgan fingerprint density at radius 3 is 2.28 bits per heavy atom. The molecule has 0 aliphatic carbocycles. The summed E-state index contributed by atoms with van der Waals surface area (Å²) in [5.41, 5.74) is 1.61. The first kappa shape index (κ1) is 17.7. The third kappa shape index (κ3) is 3.84. The van der Waals surface area contributed by atoms with Gasteiger partial charge in [0, 0.05) is 17.2 Å². The quantitative estimate of drug-likeness (QED) is 0.261. The Morgan fingerprint density at radius 1 is 1.08 bits per heavy atom. The van der Waals surface area contributed by atoms with E-state index in [1.165, 1.54) is 24.3 Å². The lowest BCUT2D eigenvalue weighted by molar-refractivity contribution is -0.384. The average molecular weight is 332 g/mol. The molecule has 0 bridgehead atoms. The molecule has 0 saturated heterocycles. The number of ketones is 1. The fourth-order valence-corrected chi connectivity index (χ4v) is 2.33. The maximum Gasteiger partial charge on any atom is 0.277 e. The number of carbonyl (C=O) groups is 1. The van der Waals surface area contributed by atoms with Crippen molar-refractivity contribution in [2.45, 2.75) is 0 Å². The molecule has 0 fully saturated rings. The molecule has 124 valence electrons. The zero-order chi connectivity index (χ0) is 18.4. The van der Waals surface area contributed by atoms with Crippen molar-refractivity contribution in [1.82, 2.24) is 0 Å². The molecule has 5 nitrogen and oxygen atoms in total. The van der Waals surface area contributed by atoms with Gasteiger partial charge >= 0.3 is 0 Å². The predicted octanol–water partition coefficient (Wildman–Crippen LogP) is 4.76. The average Bonchev–Trinajstić information content (AvgIpc) is 2.65. The molecule has 0 unspecified atom stereocenters. The van der Waals surface area contributed by atoms with Crippen LogP contribution in [0.3, 0.4) is 0 Å². The monoisotopic (exact) mass is 332 g/mol. The van der Waals surface area contributed by atoms with Crippen LogP contribution in [0.4, 0.5) is 5.69 Å². The summed E-state index contributed by atoms with van der Waals surface area (Å²) in [5, 5.41) is 19.1.